The zero-order chi connectivity index (χ0) is 19.4. The number of nitrogens with two attached hydrogens (primary N) is 1. The lowest BCUT2D eigenvalue weighted by Gasteiger charge is -2.15. The van der Waals surface area contributed by atoms with Crippen LogP contribution < -0.4 is 5.73 Å². The zero-order valence-electron chi connectivity index (χ0n) is 14.7. The van der Waals surface area contributed by atoms with Crippen molar-refractivity contribution in [1.82, 2.24) is 9.55 Å². The van der Waals surface area contributed by atoms with E-state index in [-0.39, 0.29) is 12.5 Å². The molecule has 0 aliphatic carbocycles. The Hall–Kier alpha value is -1.41. The fraction of sp³-hybridized carbons (Fsp3) is 0.412. The maximum absolute atomic E-state index is 11.0. The molecule has 0 saturated carbocycles. The first-order chi connectivity index (χ1) is 12.2. The molecule has 0 aliphatic rings. The molecule has 6 nitrogen and oxygen atoms in total. The summed E-state index contributed by atoms with van der Waals surface area (Å²) in [6.07, 6.45) is -1.49. The molecule has 0 fully saturated rings. The molecular formula is C17H21Cl2N3O3S. The summed E-state index contributed by atoms with van der Waals surface area (Å²) in [6, 6.07) is 5.28. The van der Waals surface area contributed by atoms with Gasteiger partial charge in [-0.3, -0.25) is 0 Å². The number of imidazole rings is 1. The number of carbonyl (C=O) groups excluding carboxylic acids is 1. The van der Waals surface area contributed by atoms with Crippen LogP contribution in [-0.2, 0) is 17.9 Å². The van der Waals surface area contributed by atoms with Gasteiger partial charge in [0.2, 0.25) is 0 Å². The predicted octanol–water partition coefficient (Wildman–Crippen LogP) is 4.44. The van der Waals surface area contributed by atoms with Gasteiger partial charge in [0.05, 0.1) is 18.3 Å². The summed E-state index contributed by atoms with van der Waals surface area (Å²) in [5.74, 6) is 0.638. The van der Waals surface area contributed by atoms with E-state index in [0.717, 1.165) is 15.6 Å². The second-order valence-electron chi connectivity index (χ2n) is 6.15. The number of primary amides is 1. The first-order valence-corrected chi connectivity index (χ1v) is 9.58. The SMILES string of the molecule is CC(O)Cn1c(COC(N)=O)nc(C(C)C)c1Sc1cc(Cl)cc(Cl)c1. The molecule has 2 rings (SSSR count). The minimum absolute atomic E-state index is 0.0708. The van der Waals surface area contributed by atoms with Gasteiger partial charge < -0.3 is 20.1 Å². The molecule has 2 aromatic rings. The highest BCUT2D eigenvalue weighted by molar-refractivity contribution is 7.99. The van der Waals surface area contributed by atoms with E-state index in [9.17, 15) is 9.90 Å². The first kappa shape index (κ1) is 20.9. The van der Waals surface area contributed by atoms with Crippen LogP contribution in [-0.4, -0.2) is 26.9 Å². The van der Waals surface area contributed by atoms with Crippen molar-refractivity contribution < 1.29 is 14.6 Å². The van der Waals surface area contributed by atoms with Crippen LogP contribution in [0.5, 0.6) is 0 Å². The molecule has 0 bridgehead atoms. The summed E-state index contributed by atoms with van der Waals surface area (Å²) in [5.41, 5.74) is 5.90. The summed E-state index contributed by atoms with van der Waals surface area (Å²) >= 11 is 13.6. The van der Waals surface area contributed by atoms with Gasteiger partial charge in [0.15, 0.2) is 6.61 Å². The van der Waals surface area contributed by atoms with Crippen LogP contribution in [0.15, 0.2) is 28.1 Å². The Morgan fingerprint density at radius 1 is 1.31 bits per heavy atom. The van der Waals surface area contributed by atoms with Crippen molar-refractivity contribution in [2.24, 2.45) is 5.73 Å². The third-order valence-corrected chi connectivity index (χ3v) is 4.94. The third-order valence-electron chi connectivity index (χ3n) is 3.41. The number of hydrogen-bond acceptors (Lipinski definition) is 5. The number of aromatic nitrogens is 2. The van der Waals surface area contributed by atoms with Crippen LogP contribution in [0, 0.1) is 0 Å². The Balaban J connectivity index is 2.50. The number of aliphatic hydroxyl groups is 1. The van der Waals surface area contributed by atoms with E-state index in [1.54, 1.807) is 13.0 Å². The number of benzene rings is 1. The molecule has 9 heteroatoms. The summed E-state index contributed by atoms with van der Waals surface area (Å²) < 4.78 is 6.74. The summed E-state index contributed by atoms with van der Waals surface area (Å²) in [4.78, 5) is 16.4. The number of rotatable bonds is 7. The molecule has 1 heterocycles. The van der Waals surface area contributed by atoms with E-state index in [1.165, 1.54) is 11.8 Å². The number of aliphatic hydroxyl groups excluding tert-OH is 1. The minimum Gasteiger partial charge on any atom is -0.442 e. The molecule has 3 N–H and O–H groups in total. The van der Waals surface area contributed by atoms with Gasteiger partial charge in [-0.1, -0.05) is 48.8 Å². The van der Waals surface area contributed by atoms with Crippen LogP contribution in [0.25, 0.3) is 0 Å². The van der Waals surface area contributed by atoms with Gasteiger partial charge >= 0.3 is 6.09 Å². The number of halogens is 2. The molecule has 142 valence electrons. The Labute approximate surface area is 166 Å². The molecule has 1 aromatic heterocycles. The molecule has 0 radical (unpaired) electrons. The normalized spacial score (nSPS) is 12.4. The molecule has 0 aliphatic heterocycles. The average Bonchev–Trinajstić information content (AvgIpc) is 2.81. The average molecular weight is 418 g/mol. The van der Waals surface area contributed by atoms with E-state index in [1.807, 2.05) is 30.5 Å². The quantitative estimate of drug-likeness (QED) is 0.694. The van der Waals surface area contributed by atoms with E-state index in [0.29, 0.717) is 22.4 Å². The monoisotopic (exact) mass is 417 g/mol. The Bertz CT molecular complexity index is 774. The molecule has 1 unspecified atom stereocenters. The van der Waals surface area contributed by atoms with Crippen LogP contribution in [0.3, 0.4) is 0 Å². The number of carbonyl (C=O) groups is 1. The Morgan fingerprint density at radius 2 is 1.92 bits per heavy atom. The summed E-state index contributed by atoms with van der Waals surface area (Å²) in [7, 11) is 0. The first-order valence-electron chi connectivity index (χ1n) is 8.01. The van der Waals surface area contributed by atoms with Crippen molar-refractivity contribution in [3.63, 3.8) is 0 Å². The molecule has 0 saturated heterocycles. The van der Waals surface area contributed by atoms with Crippen LogP contribution in [0.2, 0.25) is 10.0 Å². The Morgan fingerprint density at radius 3 is 2.42 bits per heavy atom. The fourth-order valence-corrected chi connectivity index (χ4v) is 4.31. The summed E-state index contributed by atoms with van der Waals surface area (Å²) in [5, 5.41) is 11.8. The molecule has 1 aromatic carbocycles. The molecule has 1 atom stereocenters. The van der Waals surface area contributed by atoms with E-state index in [2.05, 4.69) is 4.98 Å². The lowest BCUT2D eigenvalue weighted by Crippen LogP contribution is -2.18. The van der Waals surface area contributed by atoms with E-state index >= 15 is 0 Å². The second-order valence-corrected chi connectivity index (χ2v) is 8.08. The highest BCUT2D eigenvalue weighted by Crippen LogP contribution is 2.37. The standard InChI is InChI=1S/C17H21Cl2N3O3S/c1-9(2)15-16(26-13-5-11(18)4-12(19)6-13)22(7-10(3)23)14(21-15)8-25-17(20)24/h4-6,9-10,23H,7-8H2,1-3H3,(H2,20,24). The van der Waals surface area contributed by atoms with Gasteiger partial charge in [0.1, 0.15) is 10.9 Å². The molecule has 26 heavy (non-hydrogen) atoms. The number of hydrogen-bond donors (Lipinski definition) is 2. The Kier molecular flexibility index (Phi) is 7.23. The lowest BCUT2D eigenvalue weighted by molar-refractivity contribution is 0.139. The fourth-order valence-electron chi connectivity index (χ4n) is 2.38. The largest absolute Gasteiger partial charge is 0.442 e. The van der Waals surface area contributed by atoms with Crippen molar-refractivity contribution in [1.29, 1.82) is 0 Å². The molecule has 1 amide bonds. The van der Waals surface area contributed by atoms with Crippen LogP contribution in [0.4, 0.5) is 4.79 Å². The van der Waals surface area contributed by atoms with Crippen molar-refractivity contribution in [2.45, 2.75) is 55.9 Å². The smallest absolute Gasteiger partial charge is 0.404 e. The van der Waals surface area contributed by atoms with Gasteiger partial charge in [0, 0.05) is 14.9 Å². The predicted molar refractivity (Wildman–Crippen MR) is 103 cm³/mol. The lowest BCUT2D eigenvalue weighted by atomic mass is 10.1. The highest BCUT2D eigenvalue weighted by atomic mass is 35.5. The maximum Gasteiger partial charge on any atom is 0.404 e. The van der Waals surface area contributed by atoms with Crippen molar-refractivity contribution in [3.05, 3.63) is 39.8 Å². The topological polar surface area (TPSA) is 90.4 Å². The van der Waals surface area contributed by atoms with Gasteiger partial charge in [0.25, 0.3) is 0 Å². The molecular weight excluding hydrogens is 397 g/mol. The minimum atomic E-state index is -0.876. The van der Waals surface area contributed by atoms with Gasteiger partial charge in [-0.15, -0.1) is 0 Å². The highest BCUT2D eigenvalue weighted by Gasteiger charge is 2.22. The molecule has 0 spiro atoms. The van der Waals surface area contributed by atoms with Gasteiger partial charge in [-0.25, -0.2) is 9.78 Å². The van der Waals surface area contributed by atoms with Crippen LogP contribution in [0.1, 0.15) is 38.2 Å². The van der Waals surface area contributed by atoms with Gasteiger partial charge in [-0.2, -0.15) is 0 Å². The summed E-state index contributed by atoms with van der Waals surface area (Å²) in [6.45, 7) is 5.94. The van der Waals surface area contributed by atoms with Crippen molar-refractivity contribution >= 4 is 41.1 Å². The number of ether oxygens (including phenoxy) is 1. The maximum atomic E-state index is 11.0. The van der Waals surface area contributed by atoms with Crippen LogP contribution >= 0.6 is 35.0 Å². The van der Waals surface area contributed by atoms with Crippen molar-refractivity contribution in [2.75, 3.05) is 0 Å². The number of amides is 1. The van der Waals surface area contributed by atoms with E-state index < -0.39 is 12.2 Å². The second kappa shape index (κ2) is 8.99. The van der Waals surface area contributed by atoms with Crippen molar-refractivity contribution in [3.8, 4) is 0 Å². The number of nitrogens with zero attached hydrogens (tertiary/aromatic N) is 2. The zero-order valence-corrected chi connectivity index (χ0v) is 17.0. The van der Waals surface area contributed by atoms with E-state index in [4.69, 9.17) is 33.7 Å². The third kappa shape index (κ3) is 5.54. The van der Waals surface area contributed by atoms with Gasteiger partial charge in [-0.05, 0) is 31.0 Å².